The monoisotopic (exact) mass is 823 g/mol. The SMILES string of the molecule is O=C(Cn1cc(-c2cc3c(cc2C(F)F)N=CCC3)cn1)NCCOCCOCCOCCOCCOCCNc1cccc2c1C(=O)N(C1CCC(=O)NC1=O)C2=O. The van der Waals surface area contributed by atoms with Crippen LogP contribution in [0, 0.1) is 0 Å². The van der Waals surface area contributed by atoms with Gasteiger partial charge in [0.05, 0.1) is 89.1 Å². The maximum absolute atomic E-state index is 13.8. The summed E-state index contributed by atoms with van der Waals surface area (Å²) < 4.78 is 56.6. The first kappa shape index (κ1) is 43.1. The highest BCUT2D eigenvalue weighted by Crippen LogP contribution is 2.38. The van der Waals surface area contributed by atoms with E-state index in [2.05, 4.69) is 26.0 Å². The molecule has 6 rings (SSSR count). The van der Waals surface area contributed by atoms with Gasteiger partial charge in [0.1, 0.15) is 12.6 Å². The molecule has 1 fully saturated rings. The van der Waals surface area contributed by atoms with Crippen LogP contribution >= 0.6 is 0 Å². The van der Waals surface area contributed by atoms with Crippen LogP contribution in [0.25, 0.3) is 11.1 Å². The summed E-state index contributed by atoms with van der Waals surface area (Å²) in [6.07, 6.45) is 3.75. The van der Waals surface area contributed by atoms with Crippen LogP contribution in [0.3, 0.4) is 0 Å². The van der Waals surface area contributed by atoms with E-state index in [-0.39, 0.29) is 55.1 Å². The lowest BCUT2D eigenvalue weighted by molar-refractivity contribution is -0.136. The lowest BCUT2D eigenvalue weighted by Crippen LogP contribution is -2.54. The molecule has 316 valence electrons. The molecule has 0 radical (unpaired) electrons. The van der Waals surface area contributed by atoms with E-state index >= 15 is 0 Å². The van der Waals surface area contributed by atoms with Crippen molar-refractivity contribution >= 4 is 47.1 Å². The normalized spacial score (nSPS) is 16.1. The number of alkyl halides is 2. The number of benzene rings is 2. The fourth-order valence-electron chi connectivity index (χ4n) is 6.74. The fourth-order valence-corrected chi connectivity index (χ4v) is 6.74. The number of nitrogens with one attached hydrogen (secondary N) is 3. The maximum Gasteiger partial charge on any atom is 0.264 e. The lowest BCUT2D eigenvalue weighted by atomic mass is 9.95. The first-order valence-corrected chi connectivity index (χ1v) is 19.5. The summed E-state index contributed by atoms with van der Waals surface area (Å²) in [6.45, 7) is 4.07. The van der Waals surface area contributed by atoms with Gasteiger partial charge in [0.2, 0.25) is 17.7 Å². The topological polar surface area (TPSA) is 201 Å². The van der Waals surface area contributed by atoms with Crippen molar-refractivity contribution in [3.63, 3.8) is 0 Å². The van der Waals surface area contributed by atoms with Crippen molar-refractivity contribution in [3.05, 3.63) is 65.0 Å². The zero-order valence-electron chi connectivity index (χ0n) is 32.4. The summed E-state index contributed by atoms with van der Waals surface area (Å²) in [5.41, 5.74) is 3.11. The van der Waals surface area contributed by atoms with Crippen LogP contribution in [-0.4, -0.2) is 136 Å². The highest BCUT2D eigenvalue weighted by atomic mass is 19.3. The minimum absolute atomic E-state index is 0.0518. The van der Waals surface area contributed by atoms with Crippen LogP contribution in [-0.2, 0) is 51.0 Å². The van der Waals surface area contributed by atoms with Gasteiger partial charge in [0.15, 0.2) is 0 Å². The number of fused-ring (bicyclic) bond motifs is 2. The van der Waals surface area contributed by atoms with E-state index in [0.717, 1.165) is 23.3 Å². The van der Waals surface area contributed by atoms with E-state index in [1.54, 1.807) is 30.6 Å². The van der Waals surface area contributed by atoms with Gasteiger partial charge < -0.3 is 34.3 Å². The number of aromatic nitrogens is 2. The van der Waals surface area contributed by atoms with Gasteiger partial charge >= 0.3 is 0 Å². The number of carbonyl (C=O) groups excluding carboxylic acids is 5. The van der Waals surface area contributed by atoms with Gasteiger partial charge in [-0.2, -0.15) is 5.10 Å². The number of aryl methyl sites for hydroxylation is 1. The average molecular weight is 824 g/mol. The van der Waals surface area contributed by atoms with E-state index in [1.165, 1.54) is 23.0 Å². The largest absolute Gasteiger partial charge is 0.382 e. The Morgan fingerprint density at radius 3 is 2.20 bits per heavy atom. The Morgan fingerprint density at radius 2 is 1.53 bits per heavy atom. The number of halogens is 2. The van der Waals surface area contributed by atoms with E-state index in [1.807, 2.05) is 0 Å². The summed E-state index contributed by atoms with van der Waals surface area (Å²) in [5, 5.41) is 12.2. The molecule has 0 spiro atoms. The number of nitrogens with zero attached hydrogens (tertiary/aromatic N) is 4. The molecule has 1 atom stereocenters. The molecule has 3 aromatic rings. The Hall–Kier alpha value is -5.47. The standard InChI is InChI=1S/C40H47F2N7O10/c41-37(42)30-22-32-26(3-2-8-43-32)21-29(30)27-23-46-48(24-27)25-35(51)45-10-12-56-14-16-58-18-20-59-19-17-57-15-13-55-11-9-44-31-5-1-4-28-36(31)40(54)49(39(28)53)33-6-7-34(50)47-38(33)52/h1,4-5,8,21-24,33,37,44H,2-3,6-7,9-20,25H2,(H,45,51)(H,47,50,52). The van der Waals surface area contributed by atoms with Crippen molar-refractivity contribution in [2.24, 2.45) is 4.99 Å². The average Bonchev–Trinajstić information content (AvgIpc) is 3.79. The molecule has 59 heavy (non-hydrogen) atoms. The molecule has 0 aliphatic carbocycles. The Morgan fingerprint density at radius 1 is 0.847 bits per heavy atom. The molecule has 0 saturated carbocycles. The first-order valence-electron chi connectivity index (χ1n) is 19.5. The smallest absolute Gasteiger partial charge is 0.264 e. The number of hydrogen-bond acceptors (Lipinski definition) is 13. The summed E-state index contributed by atoms with van der Waals surface area (Å²) in [5.74, 6) is -2.51. The maximum atomic E-state index is 13.8. The van der Waals surface area contributed by atoms with E-state index in [4.69, 9.17) is 23.7 Å². The molecular weight excluding hydrogens is 776 g/mol. The van der Waals surface area contributed by atoms with Crippen molar-refractivity contribution in [1.82, 2.24) is 25.3 Å². The molecule has 2 aromatic carbocycles. The minimum Gasteiger partial charge on any atom is -0.382 e. The third kappa shape index (κ3) is 11.6. The summed E-state index contributed by atoms with van der Waals surface area (Å²) in [6, 6.07) is 7.01. The van der Waals surface area contributed by atoms with E-state index in [9.17, 15) is 32.8 Å². The Labute approximate surface area is 338 Å². The molecule has 4 heterocycles. The summed E-state index contributed by atoms with van der Waals surface area (Å²) >= 11 is 0. The Bertz CT molecular complexity index is 2010. The number of rotatable bonds is 24. The molecule has 1 saturated heterocycles. The van der Waals surface area contributed by atoms with E-state index < -0.39 is 36.1 Å². The molecule has 3 N–H and O–H groups in total. The lowest BCUT2D eigenvalue weighted by Gasteiger charge is -2.27. The molecular formula is C40H47F2N7O10. The predicted molar refractivity (Wildman–Crippen MR) is 208 cm³/mol. The number of imide groups is 2. The summed E-state index contributed by atoms with van der Waals surface area (Å²) in [4.78, 5) is 67.5. The number of piperidine rings is 1. The Kier molecular flexibility index (Phi) is 15.7. The van der Waals surface area contributed by atoms with Crippen molar-refractivity contribution in [2.45, 2.75) is 44.7 Å². The summed E-state index contributed by atoms with van der Waals surface area (Å²) in [7, 11) is 0. The molecule has 3 aliphatic heterocycles. The van der Waals surface area contributed by atoms with Gasteiger partial charge in [-0.05, 0) is 54.7 Å². The molecule has 19 heteroatoms. The van der Waals surface area contributed by atoms with Gasteiger partial charge in [-0.25, -0.2) is 8.78 Å². The zero-order chi connectivity index (χ0) is 41.6. The number of aliphatic imine (C=N–C) groups is 1. The van der Waals surface area contributed by atoms with Crippen LogP contribution < -0.4 is 16.0 Å². The highest BCUT2D eigenvalue weighted by molar-refractivity contribution is 6.25. The highest BCUT2D eigenvalue weighted by Gasteiger charge is 2.45. The molecule has 1 unspecified atom stereocenters. The minimum atomic E-state index is -2.67. The third-order valence-electron chi connectivity index (χ3n) is 9.60. The number of carbonyl (C=O) groups is 5. The van der Waals surface area contributed by atoms with Crippen LogP contribution in [0.2, 0.25) is 0 Å². The van der Waals surface area contributed by atoms with Crippen LogP contribution in [0.15, 0.2) is 47.7 Å². The van der Waals surface area contributed by atoms with E-state index in [0.29, 0.717) is 88.5 Å². The quantitative estimate of drug-likeness (QED) is 0.0883. The van der Waals surface area contributed by atoms with Crippen molar-refractivity contribution in [2.75, 3.05) is 84.5 Å². The van der Waals surface area contributed by atoms with Crippen molar-refractivity contribution < 1.29 is 56.4 Å². The van der Waals surface area contributed by atoms with Crippen molar-refractivity contribution in [3.8, 4) is 11.1 Å². The van der Waals surface area contributed by atoms with Gasteiger partial charge in [-0.1, -0.05) is 6.07 Å². The predicted octanol–water partition coefficient (Wildman–Crippen LogP) is 2.85. The van der Waals surface area contributed by atoms with Gasteiger partial charge in [0, 0.05) is 48.7 Å². The fraction of sp³-hybridized carbons (Fsp3) is 0.475. The molecule has 0 bridgehead atoms. The zero-order valence-corrected chi connectivity index (χ0v) is 32.4. The molecule has 3 aliphatic rings. The van der Waals surface area contributed by atoms with Crippen LogP contribution in [0.5, 0.6) is 0 Å². The van der Waals surface area contributed by atoms with Crippen LogP contribution in [0.4, 0.5) is 20.2 Å². The molecule has 5 amide bonds. The number of hydrogen-bond donors (Lipinski definition) is 3. The number of anilines is 1. The van der Waals surface area contributed by atoms with Gasteiger partial charge in [-0.3, -0.25) is 43.9 Å². The second-order valence-corrected chi connectivity index (χ2v) is 13.7. The van der Waals surface area contributed by atoms with Gasteiger partial charge in [0.25, 0.3) is 18.2 Å². The second kappa shape index (κ2) is 21.5. The number of ether oxygens (including phenoxy) is 5. The molecule has 1 aromatic heterocycles. The van der Waals surface area contributed by atoms with Gasteiger partial charge in [-0.15, -0.1) is 0 Å². The molecule has 17 nitrogen and oxygen atoms in total. The first-order chi connectivity index (χ1) is 28.7. The van der Waals surface area contributed by atoms with Crippen LogP contribution in [0.1, 0.15) is 57.5 Å². The third-order valence-corrected chi connectivity index (χ3v) is 9.60. The second-order valence-electron chi connectivity index (χ2n) is 13.7. The van der Waals surface area contributed by atoms with Crippen molar-refractivity contribution in [1.29, 1.82) is 0 Å². The number of amides is 5. The Balaban J connectivity index is 0.731.